The lowest BCUT2D eigenvalue weighted by molar-refractivity contribution is 1.25. The van der Waals surface area contributed by atoms with Crippen LogP contribution in [-0.4, -0.2) is 0 Å². The third-order valence-electron chi connectivity index (χ3n) is 3.55. The molecule has 0 bridgehead atoms. The van der Waals surface area contributed by atoms with Crippen molar-refractivity contribution in [2.45, 2.75) is 6.42 Å². The zero-order valence-electron chi connectivity index (χ0n) is 11.7. The SMILES string of the molecule is N#CCc1ccccc1/C=C/c1ccc2ccccc2c1. The van der Waals surface area contributed by atoms with Crippen LogP contribution in [0.4, 0.5) is 0 Å². The average Bonchev–Trinajstić information content (AvgIpc) is 2.54. The first kappa shape index (κ1) is 13.1. The second kappa shape index (κ2) is 6.07. The first-order valence-corrected chi connectivity index (χ1v) is 6.98. The third-order valence-corrected chi connectivity index (χ3v) is 3.55. The van der Waals surface area contributed by atoms with E-state index in [2.05, 4.69) is 60.7 Å². The molecule has 0 radical (unpaired) electrons. The van der Waals surface area contributed by atoms with Crippen LogP contribution in [0.25, 0.3) is 22.9 Å². The molecule has 0 aromatic heterocycles. The van der Waals surface area contributed by atoms with Crippen LogP contribution in [0.2, 0.25) is 0 Å². The fourth-order valence-corrected chi connectivity index (χ4v) is 2.44. The molecule has 0 saturated carbocycles. The van der Waals surface area contributed by atoms with Gasteiger partial charge in [-0.25, -0.2) is 0 Å². The van der Waals surface area contributed by atoms with Gasteiger partial charge >= 0.3 is 0 Å². The van der Waals surface area contributed by atoms with Gasteiger partial charge in [0.15, 0.2) is 0 Å². The number of rotatable bonds is 3. The Morgan fingerprint density at radius 1 is 0.810 bits per heavy atom. The largest absolute Gasteiger partial charge is 0.198 e. The van der Waals surface area contributed by atoms with E-state index in [0.29, 0.717) is 6.42 Å². The van der Waals surface area contributed by atoms with Crippen molar-refractivity contribution in [3.05, 3.63) is 83.4 Å². The van der Waals surface area contributed by atoms with Gasteiger partial charge in [-0.05, 0) is 33.5 Å². The lowest BCUT2D eigenvalue weighted by Crippen LogP contribution is -1.85. The van der Waals surface area contributed by atoms with Gasteiger partial charge in [0.25, 0.3) is 0 Å². The Hall–Kier alpha value is -2.85. The lowest BCUT2D eigenvalue weighted by atomic mass is 10.0. The molecule has 3 rings (SSSR count). The maximum absolute atomic E-state index is 8.87. The van der Waals surface area contributed by atoms with E-state index in [-0.39, 0.29) is 0 Å². The fraction of sp³-hybridized carbons (Fsp3) is 0.0500. The number of hydrogen-bond acceptors (Lipinski definition) is 1. The summed E-state index contributed by atoms with van der Waals surface area (Å²) in [7, 11) is 0. The molecule has 1 heteroatoms. The molecule has 0 heterocycles. The molecule has 0 saturated heterocycles. The third kappa shape index (κ3) is 3.01. The van der Waals surface area contributed by atoms with E-state index in [1.807, 2.05) is 24.3 Å². The summed E-state index contributed by atoms with van der Waals surface area (Å²) >= 11 is 0. The first-order valence-electron chi connectivity index (χ1n) is 6.98. The van der Waals surface area contributed by atoms with Gasteiger partial charge < -0.3 is 0 Å². The second-order valence-electron chi connectivity index (χ2n) is 4.97. The van der Waals surface area contributed by atoms with Crippen molar-refractivity contribution >= 4 is 22.9 Å². The summed E-state index contributed by atoms with van der Waals surface area (Å²) in [5, 5.41) is 11.4. The maximum atomic E-state index is 8.87. The summed E-state index contributed by atoms with van der Waals surface area (Å²) in [4.78, 5) is 0. The molecule has 0 atom stereocenters. The standard InChI is InChI=1S/C20H15N/c21-14-13-19-7-2-1-5-17(19)11-9-16-10-12-18-6-3-4-8-20(18)15-16/h1-12,15H,13H2/b11-9+. The molecule has 0 aliphatic heterocycles. The number of hydrogen-bond donors (Lipinski definition) is 0. The summed E-state index contributed by atoms with van der Waals surface area (Å²) in [6, 6.07) is 25.0. The molecule has 3 aromatic rings. The van der Waals surface area contributed by atoms with E-state index in [4.69, 9.17) is 5.26 Å². The predicted molar refractivity (Wildman–Crippen MR) is 88.6 cm³/mol. The highest BCUT2D eigenvalue weighted by atomic mass is 14.2. The molecule has 0 unspecified atom stereocenters. The van der Waals surface area contributed by atoms with Crippen molar-refractivity contribution in [3.8, 4) is 6.07 Å². The molecule has 1 nitrogen and oxygen atoms in total. The highest BCUT2D eigenvalue weighted by Crippen LogP contribution is 2.18. The quantitative estimate of drug-likeness (QED) is 0.608. The predicted octanol–water partition coefficient (Wildman–Crippen LogP) is 5.08. The Kier molecular flexibility index (Phi) is 3.80. The van der Waals surface area contributed by atoms with Crippen LogP contribution in [0.1, 0.15) is 16.7 Å². The summed E-state index contributed by atoms with van der Waals surface area (Å²) < 4.78 is 0. The Bertz CT molecular complexity index is 838. The van der Waals surface area contributed by atoms with Crippen molar-refractivity contribution in [1.82, 2.24) is 0 Å². The molecule has 0 spiro atoms. The first-order chi connectivity index (χ1) is 10.4. The molecule has 100 valence electrons. The topological polar surface area (TPSA) is 23.8 Å². The minimum atomic E-state index is 0.443. The Labute approximate surface area is 124 Å². The second-order valence-corrected chi connectivity index (χ2v) is 4.97. The smallest absolute Gasteiger partial charge is 0.0669 e. The number of fused-ring (bicyclic) bond motifs is 1. The van der Waals surface area contributed by atoms with Gasteiger partial charge in [-0.2, -0.15) is 5.26 Å². The number of benzene rings is 3. The van der Waals surface area contributed by atoms with E-state index in [1.165, 1.54) is 16.3 Å². The number of nitriles is 1. The van der Waals surface area contributed by atoms with Gasteiger partial charge in [-0.1, -0.05) is 72.8 Å². The molecule has 0 N–H and O–H groups in total. The lowest BCUT2D eigenvalue weighted by Gasteiger charge is -2.02. The van der Waals surface area contributed by atoms with Crippen molar-refractivity contribution in [2.75, 3.05) is 0 Å². The van der Waals surface area contributed by atoms with Crippen LogP contribution in [0, 0.1) is 11.3 Å². The highest BCUT2D eigenvalue weighted by molar-refractivity contribution is 5.86. The van der Waals surface area contributed by atoms with Crippen LogP contribution < -0.4 is 0 Å². The van der Waals surface area contributed by atoms with E-state index in [0.717, 1.165) is 11.1 Å². The van der Waals surface area contributed by atoms with Gasteiger partial charge in [0.2, 0.25) is 0 Å². The Balaban J connectivity index is 1.93. The molecular weight excluding hydrogens is 254 g/mol. The van der Waals surface area contributed by atoms with E-state index in [9.17, 15) is 0 Å². The van der Waals surface area contributed by atoms with Crippen LogP contribution >= 0.6 is 0 Å². The molecule has 0 amide bonds. The van der Waals surface area contributed by atoms with Crippen LogP contribution in [0.5, 0.6) is 0 Å². The maximum Gasteiger partial charge on any atom is 0.0669 e. The van der Waals surface area contributed by atoms with Crippen LogP contribution in [-0.2, 0) is 6.42 Å². The van der Waals surface area contributed by atoms with Gasteiger partial charge in [0, 0.05) is 0 Å². The molecule has 3 aromatic carbocycles. The van der Waals surface area contributed by atoms with Gasteiger partial charge in [-0.3, -0.25) is 0 Å². The fourth-order valence-electron chi connectivity index (χ4n) is 2.44. The summed E-state index contributed by atoms with van der Waals surface area (Å²) in [5.41, 5.74) is 3.34. The van der Waals surface area contributed by atoms with Gasteiger partial charge in [0.1, 0.15) is 0 Å². The van der Waals surface area contributed by atoms with E-state index in [1.54, 1.807) is 0 Å². The zero-order chi connectivity index (χ0) is 14.5. The van der Waals surface area contributed by atoms with Gasteiger partial charge in [0.05, 0.1) is 12.5 Å². The normalized spacial score (nSPS) is 10.8. The van der Waals surface area contributed by atoms with Crippen LogP contribution in [0.3, 0.4) is 0 Å². The van der Waals surface area contributed by atoms with E-state index < -0.39 is 0 Å². The van der Waals surface area contributed by atoms with Crippen molar-refractivity contribution in [2.24, 2.45) is 0 Å². The zero-order valence-corrected chi connectivity index (χ0v) is 11.7. The summed E-state index contributed by atoms with van der Waals surface area (Å²) in [6.07, 6.45) is 4.62. The monoisotopic (exact) mass is 269 g/mol. The minimum absolute atomic E-state index is 0.443. The van der Waals surface area contributed by atoms with Gasteiger partial charge in [-0.15, -0.1) is 0 Å². The van der Waals surface area contributed by atoms with Crippen molar-refractivity contribution in [3.63, 3.8) is 0 Å². The Morgan fingerprint density at radius 3 is 2.43 bits per heavy atom. The molecule has 0 aliphatic carbocycles. The van der Waals surface area contributed by atoms with Crippen LogP contribution in [0.15, 0.2) is 66.7 Å². The summed E-state index contributed by atoms with van der Waals surface area (Å²) in [6.45, 7) is 0. The van der Waals surface area contributed by atoms with Crippen molar-refractivity contribution < 1.29 is 0 Å². The molecule has 0 aliphatic rings. The average molecular weight is 269 g/mol. The number of nitrogens with zero attached hydrogens (tertiary/aromatic N) is 1. The molecule has 21 heavy (non-hydrogen) atoms. The minimum Gasteiger partial charge on any atom is -0.198 e. The highest BCUT2D eigenvalue weighted by Gasteiger charge is 1.98. The Morgan fingerprint density at radius 2 is 1.57 bits per heavy atom. The van der Waals surface area contributed by atoms with E-state index >= 15 is 0 Å². The van der Waals surface area contributed by atoms with Crippen molar-refractivity contribution in [1.29, 1.82) is 5.26 Å². The molecule has 0 fully saturated rings. The summed E-state index contributed by atoms with van der Waals surface area (Å²) in [5.74, 6) is 0. The molecular formula is C20H15N.